The smallest absolute Gasteiger partial charge is 0.122 e. The van der Waals surface area contributed by atoms with Crippen LogP contribution in [0.15, 0.2) is 53.4 Å². The lowest BCUT2D eigenvalue weighted by atomic mass is 9.85. The summed E-state index contributed by atoms with van der Waals surface area (Å²) in [4.78, 5) is 1.42. The van der Waals surface area contributed by atoms with Crippen LogP contribution >= 0.6 is 11.8 Å². The first kappa shape index (κ1) is 13.2. The SMILES string of the molecule is NC1(CC2Cc3ccccc3S2)COc2ccccc2C1. The van der Waals surface area contributed by atoms with E-state index in [4.69, 9.17) is 10.5 Å². The Hall–Kier alpha value is -1.45. The molecular formula is C18H19NOS. The molecule has 0 spiro atoms. The summed E-state index contributed by atoms with van der Waals surface area (Å²) in [6, 6.07) is 16.9. The topological polar surface area (TPSA) is 35.2 Å². The fourth-order valence-corrected chi connectivity index (χ4v) is 4.89. The second kappa shape index (κ2) is 5.08. The highest BCUT2D eigenvalue weighted by molar-refractivity contribution is 8.00. The van der Waals surface area contributed by atoms with E-state index in [1.165, 1.54) is 16.0 Å². The summed E-state index contributed by atoms with van der Waals surface area (Å²) in [5, 5.41) is 0.571. The summed E-state index contributed by atoms with van der Waals surface area (Å²) >= 11 is 1.97. The molecule has 2 aromatic carbocycles. The summed E-state index contributed by atoms with van der Waals surface area (Å²) in [6.07, 6.45) is 3.04. The first-order chi connectivity index (χ1) is 10.2. The van der Waals surface area contributed by atoms with Gasteiger partial charge in [0.15, 0.2) is 0 Å². The molecule has 2 aliphatic heterocycles. The summed E-state index contributed by atoms with van der Waals surface area (Å²) in [5.41, 5.74) is 9.12. The van der Waals surface area contributed by atoms with Crippen molar-refractivity contribution in [1.29, 1.82) is 0 Å². The molecule has 2 heterocycles. The van der Waals surface area contributed by atoms with Gasteiger partial charge in [-0.1, -0.05) is 36.4 Å². The maximum absolute atomic E-state index is 6.65. The molecule has 108 valence electrons. The lowest BCUT2D eigenvalue weighted by molar-refractivity contribution is 0.181. The van der Waals surface area contributed by atoms with Gasteiger partial charge in [-0.15, -0.1) is 11.8 Å². The molecule has 2 atom stereocenters. The van der Waals surface area contributed by atoms with Crippen molar-refractivity contribution in [2.75, 3.05) is 6.61 Å². The first-order valence-electron chi connectivity index (χ1n) is 7.46. The van der Waals surface area contributed by atoms with E-state index >= 15 is 0 Å². The highest BCUT2D eigenvalue weighted by Crippen LogP contribution is 2.41. The van der Waals surface area contributed by atoms with E-state index < -0.39 is 0 Å². The van der Waals surface area contributed by atoms with Crippen molar-refractivity contribution < 1.29 is 4.74 Å². The number of ether oxygens (including phenoxy) is 1. The fourth-order valence-electron chi connectivity index (χ4n) is 3.39. The second-order valence-electron chi connectivity index (χ2n) is 6.19. The molecule has 3 heteroatoms. The van der Waals surface area contributed by atoms with E-state index in [9.17, 15) is 0 Å². The second-order valence-corrected chi connectivity index (χ2v) is 7.53. The van der Waals surface area contributed by atoms with Crippen LogP contribution in [0.1, 0.15) is 17.5 Å². The Balaban J connectivity index is 1.49. The Morgan fingerprint density at radius 1 is 1.10 bits per heavy atom. The van der Waals surface area contributed by atoms with Gasteiger partial charge in [0.2, 0.25) is 0 Å². The minimum Gasteiger partial charge on any atom is -0.491 e. The highest BCUT2D eigenvalue weighted by atomic mass is 32.2. The molecule has 2 unspecified atom stereocenters. The molecule has 0 bridgehead atoms. The van der Waals surface area contributed by atoms with E-state index in [0.717, 1.165) is 25.0 Å². The van der Waals surface area contributed by atoms with Crippen molar-refractivity contribution in [3.63, 3.8) is 0 Å². The third-order valence-electron chi connectivity index (χ3n) is 4.38. The minimum atomic E-state index is -0.242. The molecule has 2 N–H and O–H groups in total. The lowest BCUT2D eigenvalue weighted by Gasteiger charge is -2.36. The fraction of sp³-hybridized carbons (Fsp3) is 0.333. The number of fused-ring (bicyclic) bond motifs is 2. The van der Waals surface area contributed by atoms with Gasteiger partial charge in [0, 0.05) is 10.1 Å². The van der Waals surface area contributed by atoms with Crippen LogP contribution in [-0.2, 0) is 12.8 Å². The van der Waals surface area contributed by atoms with Gasteiger partial charge >= 0.3 is 0 Å². The van der Waals surface area contributed by atoms with Gasteiger partial charge in [0.05, 0.1) is 5.54 Å². The Morgan fingerprint density at radius 3 is 2.71 bits per heavy atom. The van der Waals surface area contributed by atoms with Crippen LogP contribution in [0, 0.1) is 0 Å². The maximum atomic E-state index is 6.65. The molecule has 0 amide bonds. The lowest BCUT2D eigenvalue weighted by Crippen LogP contribution is -2.51. The largest absolute Gasteiger partial charge is 0.491 e. The average molecular weight is 297 g/mol. The van der Waals surface area contributed by atoms with Crippen LogP contribution in [0.25, 0.3) is 0 Å². The number of benzene rings is 2. The Labute approximate surface area is 129 Å². The predicted octanol–water partition coefficient (Wildman–Crippen LogP) is 3.43. The third kappa shape index (κ3) is 2.56. The van der Waals surface area contributed by atoms with Gasteiger partial charge in [-0.2, -0.15) is 0 Å². The average Bonchev–Trinajstić information content (AvgIpc) is 2.88. The molecular weight excluding hydrogens is 278 g/mol. The number of nitrogens with two attached hydrogens (primary N) is 1. The number of hydrogen-bond acceptors (Lipinski definition) is 3. The van der Waals surface area contributed by atoms with Crippen LogP contribution in [0.3, 0.4) is 0 Å². The van der Waals surface area contributed by atoms with Crippen LogP contribution in [0.4, 0.5) is 0 Å². The van der Waals surface area contributed by atoms with E-state index in [2.05, 4.69) is 36.4 Å². The molecule has 2 aliphatic rings. The number of hydrogen-bond donors (Lipinski definition) is 1. The van der Waals surface area contributed by atoms with E-state index in [1.54, 1.807) is 0 Å². The van der Waals surface area contributed by atoms with Crippen LogP contribution in [-0.4, -0.2) is 17.4 Å². The molecule has 0 aromatic heterocycles. The van der Waals surface area contributed by atoms with Gasteiger partial charge in [0.25, 0.3) is 0 Å². The third-order valence-corrected chi connectivity index (χ3v) is 5.70. The standard InChI is InChI=1S/C18H19NOS/c19-18(10-14-6-1-3-7-16(14)20-12-18)11-15-9-13-5-2-4-8-17(13)21-15/h1-8,15H,9-12,19H2. The van der Waals surface area contributed by atoms with Crippen molar-refractivity contribution in [1.82, 2.24) is 0 Å². The van der Waals surface area contributed by atoms with Crippen LogP contribution < -0.4 is 10.5 Å². The summed E-state index contributed by atoms with van der Waals surface area (Å²) < 4.78 is 5.89. The molecule has 0 aliphatic carbocycles. The Morgan fingerprint density at radius 2 is 1.86 bits per heavy atom. The number of thioether (sulfide) groups is 1. The van der Waals surface area contributed by atoms with Gasteiger partial charge in [0.1, 0.15) is 12.4 Å². The molecule has 4 rings (SSSR count). The summed E-state index contributed by atoms with van der Waals surface area (Å²) in [5.74, 6) is 1.00. The molecule has 0 saturated heterocycles. The zero-order chi connectivity index (χ0) is 14.3. The van der Waals surface area contributed by atoms with Crippen molar-refractivity contribution in [3.8, 4) is 5.75 Å². The zero-order valence-corrected chi connectivity index (χ0v) is 12.7. The highest BCUT2D eigenvalue weighted by Gasteiger charge is 2.36. The van der Waals surface area contributed by atoms with E-state index in [-0.39, 0.29) is 5.54 Å². The Kier molecular flexibility index (Phi) is 3.20. The predicted molar refractivity (Wildman–Crippen MR) is 87.0 cm³/mol. The molecule has 2 nitrogen and oxygen atoms in total. The van der Waals surface area contributed by atoms with E-state index in [0.29, 0.717) is 11.9 Å². The molecule has 0 radical (unpaired) electrons. The van der Waals surface area contributed by atoms with Gasteiger partial charge in [-0.3, -0.25) is 0 Å². The molecule has 0 saturated carbocycles. The van der Waals surface area contributed by atoms with Crippen LogP contribution in [0.2, 0.25) is 0 Å². The minimum absolute atomic E-state index is 0.242. The van der Waals surface area contributed by atoms with Crippen molar-refractivity contribution >= 4 is 11.8 Å². The first-order valence-corrected chi connectivity index (χ1v) is 8.34. The van der Waals surface area contributed by atoms with Crippen molar-refractivity contribution in [2.45, 2.75) is 34.9 Å². The van der Waals surface area contributed by atoms with Gasteiger partial charge in [-0.05, 0) is 42.5 Å². The number of rotatable bonds is 2. The summed E-state index contributed by atoms with van der Waals surface area (Å²) in [6.45, 7) is 0.622. The van der Waals surface area contributed by atoms with Crippen molar-refractivity contribution in [3.05, 3.63) is 59.7 Å². The van der Waals surface area contributed by atoms with Gasteiger partial charge in [-0.25, -0.2) is 0 Å². The van der Waals surface area contributed by atoms with Crippen LogP contribution in [0.5, 0.6) is 5.75 Å². The zero-order valence-electron chi connectivity index (χ0n) is 11.9. The quantitative estimate of drug-likeness (QED) is 0.922. The maximum Gasteiger partial charge on any atom is 0.122 e. The molecule has 2 aromatic rings. The molecule has 0 fully saturated rings. The normalized spacial score (nSPS) is 26.8. The number of para-hydroxylation sites is 1. The summed E-state index contributed by atoms with van der Waals surface area (Å²) in [7, 11) is 0. The van der Waals surface area contributed by atoms with Gasteiger partial charge < -0.3 is 10.5 Å². The molecule has 21 heavy (non-hydrogen) atoms. The Bertz CT molecular complexity index is 647. The monoisotopic (exact) mass is 297 g/mol. The van der Waals surface area contributed by atoms with Crippen molar-refractivity contribution in [2.24, 2.45) is 5.73 Å². The van der Waals surface area contributed by atoms with E-state index in [1.807, 2.05) is 23.9 Å².